The van der Waals surface area contributed by atoms with E-state index in [0.29, 0.717) is 23.3 Å². The summed E-state index contributed by atoms with van der Waals surface area (Å²) in [5.41, 5.74) is 1.53. The second-order valence-electron chi connectivity index (χ2n) is 6.58. The molecule has 1 aromatic heterocycles. The van der Waals surface area contributed by atoms with Gasteiger partial charge in [-0.3, -0.25) is 4.79 Å². The minimum Gasteiger partial charge on any atom is -0.381 e. The van der Waals surface area contributed by atoms with E-state index in [9.17, 15) is 4.79 Å². The van der Waals surface area contributed by atoms with Gasteiger partial charge in [0, 0.05) is 43.1 Å². The second-order valence-corrected chi connectivity index (χ2v) is 6.58. The van der Waals surface area contributed by atoms with Gasteiger partial charge in [0.2, 0.25) is 0 Å². The lowest BCUT2D eigenvalue weighted by molar-refractivity contribution is 0.0705. The largest absolute Gasteiger partial charge is 0.381 e. The van der Waals surface area contributed by atoms with Crippen molar-refractivity contribution in [2.75, 3.05) is 19.8 Å². The van der Waals surface area contributed by atoms with E-state index in [2.05, 4.69) is 9.97 Å². The summed E-state index contributed by atoms with van der Waals surface area (Å²) in [7, 11) is 0. The van der Waals surface area contributed by atoms with Crippen LogP contribution in [0.5, 0.6) is 0 Å². The van der Waals surface area contributed by atoms with Crippen molar-refractivity contribution in [2.24, 2.45) is 5.92 Å². The van der Waals surface area contributed by atoms with E-state index in [0.717, 1.165) is 44.6 Å². The number of hydrogen-bond acceptors (Lipinski definition) is 4. The molecule has 1 aromatic carbocycles. The third-order valence-electron chi connectivity index (χ3n) is 4.66. The Kier molecular flexibility index (Phi) is 4.26. The molecule has 2 aromatic rings. The van der Waals surface area contributed by atoms with E-state index in [4.69, 9.17) is 4.74 Å². The van der Waals surface area contributed by atoms with Crippen molar-refractivity contribution in [2.45, 2.75) is 25.3 Å². The quantitative estimate of drug-likeness (QED) is 0.849. The molecule has 1 saturated heterocycles. The molecule has 1 saturated carbocycles. The van der Waals surface area contributed by atoms with Gasteiger partial charge >= 0.3 is 0 Å². The molecule has 1 atom stereocenters. The van der Waals surface area contributed by atoms with Gasteiger partial charge in [0.1, 0.15) is 0 Å². The Morgan fingerprint density at radius 3 is 2.50 bits per heavy atom. The molecule has 5 heteroatoms. The predicted octanol–water partition coefficient (Wildman–Crippen LogP) is 2.78. The molecule has 124 valence electrons. The number of nitrogens with zero attached hydrogens (tertiary/aromatic N) is 3. The molecule has 0 unspecified atom stereocenters. The molecule has 2 aliphatic rings. The van der Waals surface area contributed by atoms with Crippen LogP contribution in [0, 0.1) is 5.92 Å². The number of ether oxygens (including phenoxy) is 1. The van der Waals surface area contributed by atoms with Crippen LogP contribution in [0.25, 0.3) is 11.4 Å². The average molecular weight is 323 g/mol. The molecule has 0 N–H and O–H groups in total. The van der Waals surface area contributed by atoms with Crippen LogP contribution in [-0.2, 0) is 4.74 Å². The summed E-state index contributed by atoms with van der Waals surface area (Å²) in [4.78, 5) is 23.6. The molecule has 0 bridgehead atoms. The highest BCUT2D eigenvalue weighted by molar-refractivity contribution is 5.94. The van der Waals surface area contributed by atoms with Gasteiger partial charge in [-0.15, -0.1) is 0 Å². The minimum atomic E-state index is 0.0454. The molecule has 1 aliphatic heterocycles. The Morgan fingerprint density at radius 1 is 1.12 bits per heavy atom. The molecule has 5 nitrogen and oxygen atoms in total. The summed E-state index contributed by atoms with van der Waals surface area (Å²) in [6.45, 7) is 2.36. The normalized spacial score (nSPS) is 20.1. The standard InChI is InChI=1S/C19H21N3O2/c23-19(22(17-6-7-17)12-14-8-9-24-13-14)16-10-20-18(21-11-16)15-4-2-1-3-5-15/h1-5,10-11,14,17H,6-9,12-13H2/t14-/m0/s1. The first-order valence-electron chi connectivity index (χ1n) is 8.57. The van der Waals surface area contributed by atoms with Crippen molar-refractivity contribution in [1.29, 1.82) is 0 Å². The van der Waals surface area contributed by atoms with Crippen LogP contribution in [0.2, 0.25) is 0 Å². The molecule has 2 heterocycles. The van der Waals surface area contributed by atoms with Gasteiger partial charge in [0.25, 0.3) is 5.91 Å². The van der Waals surface area contributed by atoms with Gasteiger partial charge in [-0.05, 0) is 19.3 Å². The molecule has 1 aliphatic carbocycles. The molecule has 24 heavy (non-hydrogen) atoms. The van der Waals surface area contributed by atoms with Crippen LogP contribution in [0.4, 0.5) is 0 Å². The molecule has 2 fully saturated rings. The first-order valence-corrected chi connectivity index (χ1v) is 8.57. The highest BCUT2D eigenvalue weighted by atomic mass is 16.5. The molecule has 0 radical (unpaired) electrons. The molecular formula is C19H21N3O2. The minimum absolute atomic E-state index is 0.0454. The van der Waals surface area contributed by atoms with Gasteiger partial charge in [-0.2, -0.15) is 0 Å². The maximum absolute atomic E-state index is 12.9. The van der Waals surface area contributed by atoms with Gasteiger partial charge in [0.05, 0.1) is 12.2 Å². The monoisotopic (exact) mass is 323 g/mol. The zero-order valence-electron chi connectivity index (χ0n) is 13.6. The van der Waals surface area contributed by atoms with Crippen molar-refractivity contribution in [1.82, 2.24) is 14.9 Å². The highest BCUT2D eigenvalue weighted by Gasteiger charge is 2.35. The average Bonchev–Trinajstić information content (AvgIpc) is 3.36. The number of aromatic nitrogens is 2. The predicted molar refractivity (Wildman–Crippen MR) is 90.5 cm³/mol. The molecule has 0 spiro atoms. The third-order valence-corrected chi connectivity index (χ3v) is 4.66. The van der Waals surface area contributed by atoms with Crippen LogP contribution in [0.15, 0.2) is 42.7 Å². The zero-order valence-corrected chi connectivity index (χ0v) is 13.6. The smallest absolute Gasteiger partial charge is 0.257 e. The van der Waals surface area contributed by atoms with Crippen LogP contribution >= 0.6 is 0 Å². The van der Waals surface area contributed by atoms with Gasteiger partial charge in [-0.1, -0.05) is 30.3 Å². The molecule has 4 rings (SSSR count). The van der Waals surface area contributed by atoms with Crippen LogP contribution in [0.1, 0.15) is 29.6 Å². The van der Waals surface area contributed by atoms with E-state index in [1.165, 1.54) is 0 Å². The van der Waals surface area contributed by atoms with Crippen molar-refractivity contribution in [3.63, 3.8) is 0 Å². The van der Waals surface area contributed by atoms with Gasteiger partial charge < -0.3 is 9.64 Å². The Hall–Kier alpha value is -2.27. The first kappa shape index (κ1) is 15.3. The molecule has 1 amide bonds. The Bertz CT molecular complexity index is 692. The van der Waals surface area contributed by atoms with E-state index >= 15 is 0 Å². The summed E-state index contributed by atoms with van der Waals surface area (Å²) >= 11 is 0. The fraction of sp³-hybridized carbons (Fsp3) is 0.421. The number of rotatable bonds is 5. The first-order chi connectivity index (χ1) is 11.8. The number of carbonyl (C=O) groups excluding carboxylic acids is 1. The lowest BCUT2D eigenvalue weighted by Crippen LogP contribution is -2.37. The van der Waals surface area contributed by atoms with Crippen molar-refractivity contribution >= 4 is 5.91 Å². The van der Waals surface area contributed by atoms with E-state index in [1.807, 2.05) is 35.2 Å². The summed E-state index contributed by atoms with van der Waals surface area (Å²) in [5, 5.41) is 0. The van der Waals surface area contributed by atoms with Gasteiger partial charge in [0.15, 0.2) is 5.82 Å². The number of amides is 1. The summed E-state index contributed by atoms with van der Waals surface area (Å²) in [6.07, 6.45) is 6.54. The van der Waals surface area contributed by atoms with Gasteiger partial charge in [-0.25, -0.2) is 9.97 Å². The second kappa shape index (κ2) is 6.69. The maximum atomic E-state index is 12.9. The van der Waals surface area contributed by atoms with E-state index < -0.39 is 0 Å². The number of carbonyl (C=O) groups is 1. The van der Waals surface area contributed by atoms with Crippen LogP contribution in [0.3, 0.4) is 0 Å². The topological polar surface area (TPSA) is 55.3 Å². The summed E-state index contributed by atoms with van der Waals surface area (Å²) in [6, 6.07) is 10.2. The van der Waals surface area contributed by atoms with Crippen LogP contribution in [-0.4, -0.2) is 46.6 Å². The number of hydrogen-bond donors (Lipinski definition) is 0. The summed E-state index contributed by atoms with van der Waals surface area (Å²) in [5.74, 6) is 1.15. The van der Waals surface area contributed by atoms with Crippen molar-refractivity contribution in [3.05, 3.63) is 48.3 Å². The third kappa shape index (κ3) is 3.31. The Morgan fingerprint density at radius 2 is 1.88 bits per heavy atom. The fourth-order valence-electron chi connectivity index (χ4n) is 3.13. The highest BCUT2D eigenvalue weighted by Crippen LogP contribution is 2.30. The Balaban J connectivity index is 1.50. The maximum Gasteiger partial charge on any atom is 0.257 e. The SMILES string of the molecule is O=C(c1cnc(-c2ccccc2)nc1)N(C[C@@H]1CCOC1)C1CC1. The zero-order chi connectivity index (χ0) is 16.4. The number of benzene rings is 1. The van der Waals surface area contributed by atoms with E-state index in [1.54, 1.807) is 12.4 Å². The fourth-order valence-corrected chi connectivity index (χ4v) is 3.13. The lowest BCUT2D eigenvalue weighted by atomic mass is 10.1. The van der Waals surface area contributed by atoms with Crippen LogP contribution < -0.4 is 0 Å². The van der Waals surface area contributed by atoms with E-state index in [-0.39, 0.29) is 5.91 Å². The molecular weight excluding hydrogens is 302 g/mol. The van der Waals surface area contributed by atoms with Crippen molar-refractivity contribution < 1.29 is 9.53 Å². The van der Waals surface area contributed by atoms with Crippen molar-refractivity contribution in [3.8, 4) is 11.4 Å². The Labute approximate surface area is 141 Å². The summed E-state index contributed by atoms with van der Waals surface area (Å²) < 4.78 is 5.45. The lowest BCUT2D eigenvalue weighted by Gasteiger charge is -2.25.